The molecule has 0 amide bonds. The molecule has 0 radical (unpaired) electrons. The molecule has 0 bridgehead atoms. The van der Waals surface area contributed by atoms with Gasteiger partial charge in [-0.2, -0.15) is 0 Å². The number of hydrogen-bond donors (Lipinski definition) is 2. The highest BCUT2D eigenvalue weighted by atomic mass is 16.5. The van der Waals surface area contributed by atoms with Crippen LogP contribution in [0.3, 0.4) is 0 Å². The first-order valence-electron chi connectivity index (χ1n) is 10.6. The van der Waals surface area contributed by atoms with E-state index in [-0.39, 0.29) is 11.6 Å². The minimum Gasteiger partial charge on any atom is -0.491 e. The van der Waals surface area contributed by atoms with Crippen LogP contribution in [0.15, 0.2) is 24.3 Å². The fourth-order valence-corrected chi connectivity index (χ4v) is 4.11. The van der Waals surface area contributed by atoms with Crippen LogP contribution in [0.2, 0.25) is 0 Å². The number of β-amino-alcohol motifs (C(OH)–C–C–N with tert-alkyl or cyclic N) is 1. The molecule has 6 heteroatoms. The summed E-state index contributed by atoms with van der Waals surface area (Å²) in [5.41, 5.74) is 1.44. The second-order valence-electron chi connectivity index (χ2n) is 9.09. The third kappa shape index (κ3) is 6.16. The lowest BCUT2D eigenvalue weighted by Gasteiger charge is -2.45. The number of benzene rings is 1. The summed E-state index contributed by atoms with van der Waals surface area (Å²) in [6, 6.07) is 8.23. The molecule has 2 N–H and O–H groups in total. The molecule has 1 atom stereocenters. The maximum atomic E-state index is 10.3. The Balaban J connectivity index is 1.45. The van der Waals surface area contributed by atoms with Crippen LogP contribution in [0.1, 0.15) is 32.3 Å². The van der Waals surface area contributed by atoms with Crippen molar-refractivity contribution in [1.82, 2.24) is 14.7 Å². The lowest BCUT2D eigenvalue weighted by molar-refractivity contribution is 0.0333. The van der Waals surface area contributed by atoms with Crippen molar-refractivity contribution in [3.8, 4) is 5.75 Å². The van der Waals surface area contributed by atoms with E-state index in [1.807, 2.05) is 12.1 Å². The van der Waals surface area contributed by atoms with Crippen LogP contribution >= 0.6 is 0 Å². The van der Waals surface area contributed by atoms with E-state index in [1.165, 1.54) is 5.56 Å². The third-order valence-corrected chi connectivity index (χ3v) is 6.17. The van der Waals surface area contributed by atoms with Crippen LogP contribution in [-0.4, -0.2) is 95.6 Å². The van der Waals surface area contributed by atoms with Crippen LogP contribution in [0, 0.1) is 0 Å². The van der Waals surface area contributed by atoms with E-state index in [0.717, 1.165) is 57.9 Å². The van der Waals surface area contributed by atoms with Crippen molar-refractivity contribution in [2.75, 3.05) is 52.9 Å². The predicted octanol–water partition coefficient (Wildman–Crippen LogP) is 1.41. The molecule has 0 aliphatic carbocycles. The number of rotatable bonds is 7. The number of piperidine rings is 1. The fraction of sp³-hybridized carbons (Fsp3) is 0.727. The predicted molar refractivity (Wildman–Crippen MR) is 112 cm³/mol. The zero-order chi connectivity index (χ0) is 20.1. The molecule has 2 aliphatic heterocycles. The van der Waals surface area contributed by atoms with Gasteiger partial charge in [0, 0.05) is 51.4 Å². The Kier molecular flexibility index (Phi) is 7.34. The van der Waals surface area contributed by atoms with E-state index in [1.54, 1.807) is 0 Å². The van der Waals surface area contributed by atoms with E-state index in [4.69, 9.17) is 4.74 Å². The molecule has 0 unspecified atom stereocenters. The van der Waals surface area contributed by atoms with Gasteiger partial charge in [0.15, 0.2) is 0 Å². The van der Waals surface area contributed by atoms with Crippen LogP contribution in [0.4, 0.5) is 0 Å². The van der Waals surface area contributed by atoms with Gasteiger partial charge in [-0.25, -0.2) is 0 Å². The summed E-state index contributed by atoms with van der Waals surface area (Å²) in [6.07, 6.45) is 0.882. The van der Waals surface area contributed by atoms with E-state index in [0.29, 0.717) is 13.2 Å². The van der Waals surface area contributed by atoms with Crippen LogP contribution in [-0.2, 0) is 6.54 Å². The molecule has 0 aromatic heterocycles. The second-order valence-corrected chi connectivity index (χ2v) is 9.09. The van der Waals surface area contributed by atoms with Crippen molar-refractivity contribution in [2.24, 2.45) is 0 Å². The molecule has 2 saturated heterocycles. The Morgan fingerprint density at radius 3 is 2.61 bits per heavy atom. The molecule has 2 fully saturated rings. The van der Waals surface area contributed by atoms with Gasteiger partial charge in [-0.1, -0.05) is 12.1 Å². The molecule has 2 heterocycles. The molecule has 0 saturated carbocycles. The average molecular weight is 392 g/mol. The minimum atomic E-state index is -0.516. The highest BCUT2D eigenvalue weighted by molar-refractivity contribution is 5.28. The van der Waals surface area contributed by atoms with Crippen LogP contribution in [0.25, 0.3) is 0 Å². The van der Waals surface area contributed by atoms with Crippen LogP contribution in [0.5, 0.6) is 5.75 Å². The summed E-state index contributed by atoms with van der Waals surface area (Å²) in [5.74, 6) is 0.819. The van der Waals surface area contributed by atoms with Crippen molar-refractivity contribution in [1.29, 1.82) is 0 Å². The van der Waals surface area contributed by atoms with Gasteiger partial charge in [-0.15, -0.1) is 0 Å². The largest absolute Gasteiger partial charge is 0.491 e. The molecular formula is C22H37N3O3. The summed E-state index contributed by atoms with van der Waals surface area (Å²) < 4.78 is 5.87. The highest BCUT2D eigenvalue weighted by Gasteiger charge is 2.30. The molecule has 1 aromatic rings. The number of nitrogens with zero attached hydrogens (tertiary/aromatic N) is 3. The van der Waals surface area contributed by atoms with Gasteiger partial charge in [0.2, 0.25) is 0 Å². The fourth-order valence-electron chi connectivity index (χ4n) is 4.11. The molecule has 1 aromatic carbocycles. The van der Waals surface area contributed by atoms with Gasteiger partial charge >= 0.3 is 0 Å². The van der Waals surface area contributed by atoms with E-state index < -0.39 is 6.10 Å². The Labute approximate surface area is 169 Å². The standard InChI is InChI=1S/C22H37N3O3/c1-22(2)17-25(12-11-23(22)3)14-18-5-4-6-21(13-18)28-16-20(27)15-24-9-7-19(26)8-10-24/h4-6,13,19-20,26-27H,7-12,14-17H2,1-3H3/t20-/m0/s1. The van der Waals surface area contributed by atoms with E-state index >= 15 is 0 Å². The van der Waals surface area contributed by atoms with Gasteiger partial charge in [0.1, 0.15) is 18.5 Å². The van der Waals surface area contributed by atoms with Gasteiger partial charge < -0.3 is 19.8 Å². The monoisotopic (exact) mass is 391 g/mol. The van der Waals surface area contributed by atoms with Crippen molar-refractivity contribution in [3.63, 3.8) is 0 Å². The summed E-state index contributed by atoms with van der Waals surface area (Å²) >= 11 is 0. The summed E-state index contributed by atoms with van der Waals surface area (Å²) in [5, 5.41) is 19.9. The summed E-state index contributed by atoms with van der Waals surface area (Å²) in [6.45, 7) is 11.3. The molecule has 0 spiro atoms. The Morgan fingerprint density at radius 2 is 1.89 bits per heavy atom. The minimum absolute atomic E-state index is 0.182. The molecular weight excluding hydrogens is 354 g/mol. The molecule has 2 aliphatic rings. The zero-order valence-corrected chi connectivity index (χ0v) is 17.7. The normalized spacial score (nSPS) is 23.6. The quantitative estimate of drug-likeness (QED) is 0.733. The first-order valence-corrected chi connectivity index (χ1v) is 10.6. The Hall–Kier alpha value is -1.18. The van der Waals surface area contributed by atoms with Gasteiger partial charge in [-0.3, -0.25) is 9.80 Å². The molecule has 6 nitrogen and oxygen atoms in total. The maximum Gasteiger partial charge on any atom is 0.119 e. The van der Waals surface area contributed by atoms with Crippen molar-refractivity contribution in [2.45, 2.75) is 51.0 Å². The van der Waals surface area contributed by atoms with Crippen LogP contribution < -0.4 is 4.74 Å². The lowest BCUT2D eigenvalue weighted by atomic mass is 9.99. The third-order valence-electron chi connectivity index (χ3n) is 6.17. The number of ether oxygens (including phenoxy) is 1. The lowest BCUT2D eigenvalue weighted by Crippen LogP contribution is -2.57. The van der Waals surface area contributed by atoms with Gasteiger partial charge in [0.25, 0.3) is 0 Å². The number of aliphatic hydroxyl groups is 2. The highest BCUT2D eigenvalue weighted by Crippen LogP contribution is 2.22. The Morgan fingerprint density at radius 1 is 1.14 bits per heavy atom. The summed E-state index contributed by atoms with van der Waals surface area (Å²) in [4.78, 5) is 7.12. The Bertz CT molecular complexity index is 617. The number of likely N-dealkylation sites (tertiary alicyclic amines) is 1. The van der Waals surface area contributed by atoms with Crippen molar-refractivity contribution >= 4 is 0 Å². The maximum absolute atomic E-state index is 10.3. The number of hydrogen-bond acceptors (Lipinski definition) is 6. The zero-order valence-electron chi connectivity index (χ0n) is 17.7. The van der Waals surface area contributed by atoms with E-state index in [9.17, 15) is 10.2 Å². The van der Waals surface area contributed by atoms with Crippen molar-refractivity contribution < 1.29 is 14.9 Å². The number of aliphatic hydroxyl groups excluding tert-OH is 2. The molecule has 28 heavy (non-hydrogen) atoms. The summed E-state index contributed by atoms with van der Waals surface area (Å²) in [7, 11) is 2.20. The average Bonchev–Trinajstić information content (AvgIpc) is 2.65. The molecule has 158 valence electrons. The number of piperazine rings is 1. The second kappa shape index (κ2) is 9.55. The smallest absolute Gasteiger partial charge is 0.119 e. The molecule has 3 rings (SSSR count). The number of likely N-dealkylation sites (N-methyl/N-ethyl adjacent to an activating group) is 1. The SMILES string of the molecule is CN1CCN(Cc2cccc(OC[C@@H](O)CN3CCC(O)CC3)c2)CC1(C)C. The van der Waals surface area contributed by atoms with E-state index in [2.05, 4.69) is 47.7 Å². The topological polar surface area (TPSA) is 59.4 Å². The van der Waals surface area contributed by atoms with Gasteiger partial charge in [-0.05, 0) is 51.4 Å². The van der Waals surface area contributed by atoms with Crippen molar-refractivity contribution in [3.05, 3.63) is 29.8 Å². The van der Waals surface area contributed by atoms with Gasteiger partial charge in [0.05, 0.1) is 6.10 Å². The first kappa shape index (κ1) is 21.5. The first-order chi connectivity index (χ1) is 13.3.